The number of rotatable bonds is 4. The summed E-state index contributed by atoms with van der Waals surface area (Å²) in [5.74, 6) is -1.79. The number of fused-ring (bicyclic) bond motifs is 2. The van der Waals surface area contributed by atoms with Crippen LogP contribution in [0.4, 0.5) is 0 Å². The van der Waals surface area contributed by atoms with Crippen LogP contribution in [0.5, 0.6) is 46.0 Å². The summed E-state index contributed by atoms with van der Waals surface area (Å²) in [6.07, 6.45) is -1.78. The summed E-state index contributed by atoms with van der Waals surface area (Å²) in [5, 5.41) is 51.4. The molecule has 6 rings (SSSR count). The van der Waals surface area contributed by atoms with Gasteiger partial charge in [-0.25, -0.2) is 0 Å². The molecule has 0 saturated carbocycles. The molecule has 10 heteroatoms. The van der Waals surface area contributed by atoms with Crippen LogP contribution in [0.2, 0.25) is 0 Å². The van der Waals surface area contributed by atoms with Crippen LogP contribution in [0.25, 0.3) is 11.1 Å². The maximum Gasteiger partial charge on any atom is 0.174 e. The van der Waals surface area contributed by atoms with E-state index in [9.17, 15) is 35.1 Å². The Hall–Kier alpha value is -5.38. The summed E-state index contributed by atoms with van der Waals surface area (Å²) in [6.45, 7) is 0. The van der Waals surface area contributed by atoms with E-state index in [1.807, 2.05) is 0 Å². The van der Waals surface area contributed by atoms with Crippen molar-refractivity contribution in [3.63, 3.8) is 0 Å². The zero-order valence-electron chi connectivity index (χ0n) is 21.6. The first kappa shape index (κ1) is 25.9. The molecule has 4 aromatic rings. The second-order valence-electron chi connectivity index (χ2n) is 9.85. The minimum absolute atomic E-state index is 0.00412. The van der Waals surface area contributed by atoms with Gasteiger partial charge in [-0.05, 0) is 35.4 Å². The number of ether oxygens (including phenoxy) is 3. The van der Waals surface area contributed by atoms with Gasteiger partial charge in [-0.1, -0.05) is 18.2 Å². The Balaban J connectivity index is 1.47. The normalized spacial score (nSPS) is 17.7. The first-order chi connectivity index (χ1) is 19.6. The molecule has 0 unspecified atom stereocenters. The van der Waals surface area contributed by atoms with Crippen molar-refractivity contribution in [1.82, 2.24) is 0 Å². The monoisotopic (exact) mass is 556 g/mol. The van der Waals surface area contributed by atoms with Gasteiger partial charge in [0.1, 0.15) is 69.3 Å². The highest BCUT2D eigenvalue weighted by Gasteiger charge is 2.36. The molecule has 5 N–H and O–H groups in total. The fraction of sp³-hybridized carbons (Fsp3) is 0.161. The predicted molar refractivity (Wildman–Crippen MR) is 144 cm³/mol. The van der Waals surface area contributed by atoms with E-state index in [1.165, 1.54) is 37.4 Å². The lowest BCUT2D eigenvalue weighted by molar-refractivity contribution is 0.0834. The first-order valence-electron chi connectivity index (χ1n) is 12.7. The van der Waals surface area contributed by atoms with Gasteiger partial charge in [0.15, 0.2) is 11.6 Å². The van der Waals surface area contributed by atoms with Crippen molar-refractivity contribution in [2.45, 2.75) is 25.0 Å². The molecule has 2 atom stereocenters. The number of Topliss-reactive ketones (excluding diaryl/α,β-unsaturated/α-hetero) is 2. The van der Waals surface area contributed by atoms with E-state index in [2.05, 4.69) is 0 Å². The van der Waals surface area contributed by atoms with Gasteiger partial charge in [-0.15, -0.1) is 0 Å². The molecular formula is C31H24O10. The van der Waals surface area contributed by atoms with Gasteiger partial charge in [-0.2, -0.15) is 0 Å². The quantitative estimate of drug-likeness (QED) is 0.223. The number of carbonyl (C=O) groups is 2. The smallest absolute Gasteiger partial charge is 0.174 e. The molecule has 0 bridgehead atoms. The standard InChI is InChI=1S/C31H24O10/c1-39-26-13-23(38)30-22(37)12-24(14-2-5-16(32)6-3-14)41-31(30)28(26)18-8-15(4-7-19(18)34)25-11-21(36)29-20(35)9-17(33)10-27(29)40-25/h2-10,13,24-25,32-35,38H,11-12H2,1H3/t24-,25-/m0/s1. The summed E-state index contributed by atoms with van der Waals surface area (Å²) in [6, 6.07) is 14.3. The first-order valence-corrected chi connectivity index (χ1v) is 12.7. The molecule has 0 saturated heterocycles. The number of phenolic OH excluding ortho intramolecular Hbond substituents is 5. The fourth-order valence-corrected chi connectivity index (χ4v) is 5.32. The van der Waals surface area contributed by atoms with Crippen LogP contribution in [0.3, 0.4) is 0 Å². The zero-order valence-corrected chi connectivity index (χ0v) is 21.6. The van der Waals surface area contributed by atoms with E-state index in [1.54, 1.807) is 24.3 Å². The zero-order chi connectivity index (χ0) is 29.0. The lowest BCUT2D eigenvalue weighted by atomic mass is 9.89. The van der Waals surface area contributed by atoms with Gasteiger partial charge in [0.2, 0.25) is 0 Å². The van der Waals surface area contributed by atoms with E-state index in [-0.39, 0.29) is 86.9 Å². The lowest BCUT2D eigenvalue weighted by Gasteiger charge is -2.30. The Labute approximate surface area is 233 Å². The minimum Gasteiger partial charge on any atom is -0.508 e. The van der Waals surface area contributed by atoms with Crippen LogP contribution < -0.4 is 14.2 Å². The Kier molecular flexibility index (Phi) is 6.10. The summed E-state index contributed by atoms with van der Waals surface area (Å²) >= 11 is 0. The van der Waals surface area contributed by atoms with Crippen molar-refractivity contribution in [3.05, 3.63) is 82.9 Å². The third-order valence-electron chi connectivity index (χ3n) is 7.27. The van der Waals surface area contributed by atoms with Gasteiger partial charge >= 0.3 is 0 Å². The van der Waals surface area contributed by atoms with Crippen molar-refractivity contribution < 1.29 is 49.3 Å². The summed E-state index contributed by atoms with van der Waals surface area (Å²) < 4.78 is 17.8. The summed E-state index contributed by atoms with van der Waals surface area (Å²) in [7, 11) is 1.37. The molecule has 2 aliphatic rings. The molecular weight excluding hydrogens is 532 g/mol. The minimum atomic E-state index is -0.832. The average Bonchev–Trinajstić information content (AvgIpc) is 2.92. The number of hydrogen-bond acceptors (Lipinski definition) is 10. The Bertz CT molecular complexity index is 1720. The maximum atomic E-state index is 13.3. The SMILES string of the molecule is COc1cc(O)c2c(c1-c1cc([C@@H]3CC(=O)c4c(O)cc(O)cc4O3)ccc1O)O[C@H](c1ccc(O)cc1)CC2=O. The molecule has 0 aromatic heterocycles. The van der Waals surface area contributed by atoms with Crippen molar-refractivity contribution in [2.75, 3.05) is 7.11 Å². The van der Waals surface area contributed by atoms with E-state index in [0.717, 1.165) is 6.07 Å². The topological polar surface area (TPSA) is 163 Å². The molecule has 4 aromatic carbocycles. The number of hydrogen-bond donors (Lipinski definition) is 5. The Morgan fingerprint density at radius 3 is 2.00 bits per heavy atom. The largest absolute Gasteiger partial charge is 0.508 e. The second kappa shape index (κ2) is 9.67. The molecule has 2 aliphatic heterocycles. The van der Waals surface area contributed by atoms with E-state index < -0.39 is 18.0 Å². The van der Waals surface area contributed by atoms with Crippen molar-refractivity contribution >= 4 is 11.6 Å². The second-order valence-corrected chi connectivity index (χ2v) is 9.85. The van der Waals surface area contributed by atoms with Crippen LogP contribution in [0.1, 0.15) is 56.9 Å². The predicted octanol–water partition coefficient (Wildman–Crippen LogP) is 5.30. The van der Waals surface area contributed by atoms with E-state index in [0.29, 0.717) is 11.1 Å². The number of aromatic hydroxyl groups is 5. The van der Waals surface area contributed by atoms with Crippen LogP contribution in [0, 0.1) is 0 Å². The molecule has 10 nitrogen and oxygen atoms in total. The number of carbonyl (C=O) groups excluding carboxylic acids is 2. The maximum absolute atomic E-state index is 13.3. The van der Waals surface area contributed by atoms with Gasteiger partial charge in [0.25, 0.3) is 0 Å². The van der Waals surface area contributed by atoms with Gasteiger partial charge < -0.3 is 39.7 Å². The lowest BCUT2D eigenvalue weighted by Crippen LogP contribution is -2.21. The molecule has 0 aliphatic carbocycles. The number of benzene rings is 4. The molecule has 0 radical (unpaired) electrons. The number of ketones is 2. The molecule has 208 valence electrons. The number of methoxy groups -OCH3 is 1. The highest BCUT2D eigenvalue weighted by atomic mass is 16.5. The van der Waals surface area contributed by atoms with Gasteiger partial charge in [-0.3, -0.25) is 9.59 Å². The Morgan fingerprint density at radius 1 is 0.659 bits per heavy atom. The average molecular weight is 557 g/mol. The van der Waals surface area contributed by atoms with Crippen LogP contribution in [-0.2, 0) is 0 Å². The van der Waals surface area contributed by atoms with E-state index >= 15 is 0 Å². The molecule has 2 heterocycles. The van der Waals surface area contributed by atoms with Gasteiger partial charge in [0.05, 0.1) is 25.5 Å². The Morgan fingerprint density at radius 2 is 1.29 bits per heavy atom. The molecule has 0 spiro atoms. The number of phenols is 5. The molecule has 0 amide bonds. The summed E-state index contributed by atoms with van der Waals surface area (Å²) in [4.78, 5) is 26.1. The van der Waals surface area contributed by atoms with E-state index in [4.69, 9.17) is 14.2 Å². The van der Waals surface area contributed by atoms with Crippen LogP contribution in [0.15, 0.2) is 60.7 Å². The molecule has 0 fully saturated rings. The van der Waals surface area contributed by atoms with Gasteiger partial charge in [0, 0.05) is 23.8 Å². The van der Waals surface area contributed by atoms with Crippen molar-refractivity contribution in [2.24, 2.45) is 0 Å². The third-order valence-corrected chi connectivity index (χ3v) is 7.27. The highest BCUT2D eigenvalue weighted by Crippen LogP contribution is 2.52. The van der Waals surface area contributed by atoms with Crippen LogP contribution >= 0.6 is 0 Å². The highest BCUT2D eigenvalue weighted by molar-refractivity contribution is 6.06. The van der Waals surface area contributed by atoms with Crippen molar-refractivity contribution in [3.8, 4) is 57.1 Å². The summed E-state index contributed by atoms with van der Waals surface area (Å²) in [5.41, 5.74) is 1.39. The third kappa shape index (κ3) is 4.39. The molecule has 41 heavy (non-hydrogen) atoms. The fourth-order valence-electron chi connectivity index (χ4n) is 5.32. The van der Waals surface area contributed by atoms with Crippen LogP contribution in [-0.4, -0.2) is 44.2 Å². The van der Waals surface area contributed by atoms with Crippen molar-refractivity contribution in [1.29, 1.82) is 0 Å².